The van der Waals surface area contributed by atoms with E-state index in [9.17, 15) is 0 Å². The summed E-state index contributed by atoms with van der Waals surface area (Å²) < 4.78 is 0. The lowest BCUT2D eigenvalue weighted by Gasteiger charge is -2.11. The van der Waals surface area contributed by atoms with Gasteiger partial charge < -0.3 is 10.6 Å². The van der Waals surface area contributed by atoms with E-state index < -0.39 is 0 Å². The van der Waals surface area contributed by atoms with E-state index in [1.165, 1.54) is 6.42 Å². The lowest BCUT2D eigenvalue weighted by molar-refractivity contribution is 0.592. The first-order valence-corrected chi connectivity index (χ1v) is 5.56. The Kier molecular flexibility index (Phi) is 4.87. The fourth-order valence-electron chi connectivity index (χ4n) is 1.15. The smallest absolute Gasteiger partial charge is 0.131 e. The van der Waals surface area contributed by atoms with Crippen LogP contribution in [0.3, 0.4) is 0 Å². The molecule has 0 aliphatic heterocycles. The van der Waals surface area contributed by atoms with E-state index in [1.807, 2.05) is 13.0 Å². The van der Waals surface area contributed by atoms with Gasteiger partial charge in [-0.05, 0) is 12.8 Å². The Hall–Kier alpha value is -1.32. The Bertz CT molecular complexity index is 288. The highest BCUT2D eigenvalue weighted by Gasteiger charge is 2.00. The molecule has 15 heavy (non-hydrogen) atoms. The van der Waals surface area contributed by atoms with Crippen LogP contribution < -0.4 is 10.6 Å². The Morgan fingerprint density at radius 1 is 1.20 bits per heavy atom. The van der Waals surface area contributed by atoms with Crippen LogP contribution in [0, 0.1) is 5.92 Å². The molecule has 0 aromatic carbocycles. The Balaban J connectivity index is 2.50. The number of hydrogen-bond donors (Lipinski definition) is 2. The number of nitrogens with zero attached hydrogens (tertiary/aromatic N) is 2. The first kappa shape index (κ1) is 11.8. The van der Waals surface area contributed by atoms with E-state index in [2.05, 4.69) is 34.4 Å². The molecule has 1 rings (SSSR count). The number of aromatic nitrogens is 2. The third-order valence-electron chi connectivity index (χ3n) is 2.35. The van der Waals surface area contributed by atoms with Crippen LogP contribution in [0.25, 0.3) is 0 Å². The summed E-state index contributed by atoms with van der Waals surface area (Å²) in [6.45, 7) is 8.30. The molecule has 0 saturated carbocycles. The molecule has 1 unspecified atom stereocenters. The van der Waals surface area contributed by atoms with Gasteiger partial charge in [-0.3, -0.25) is 0 Å². The zero-order chi connectivity index (χ0) is 11.1. The van der Waals surface area contributed by atoms with Crippen molar-refractivity contribution in [2.45, 2.75) is 27.2 Å². The van der Waals surface area contributed by atoms with Crippen molar-refractivity contribution in [3.63, 3.8) is 0 Å². The number of anilines is 2. The Morgan fingerprint density at radius 3 is 2.47 bits per heavy atom. The van der Waals surface area contributed by atoms with Gasteiger partial charge >= 0.3 is 0 Å². The summed E-state index contributed by atoms with van der Waals surface area (Å²) in [6, 6.07) is 1.94. The SMILES string of the molecule is CCNc1cc(NCC(C)CC)ncn1. The van der Waals surface area contributed by atoms with Crippen molar-refractivity contribution >= 4 is 11.6 Å². The summed E-state index contributed by atoms with van der Waals surface area (Å²) in [7, 11) is 0. The predicted molar refractivity (Wildman–Crippen MR) is 64.1 cm³/mol. The van der Waals surface area contributed by atoms with Crippen LogP contribution in [0.4, 0.5) is 11.6 Å². The van der Waals surface area contributed by atoms with E-state index in [1.54, 1.807) is 6.33 Å². The van der Waals surface area contributed by atoms with Crippen molar-refractivity contribution in [2.24, 2.45) is 5.92 Å². The highest BCUT2D eigenvalue weighted by atomic mass is 15.1. The van der Waals surface area contributed by atoms with E-state index in [4.69, 9.17) is 0 Å². The molecular formula is C11H20N4. The van der Waals surface area contributed by atoms with Crippen LogP contribution in [0.1, 0.15) is 27.2 Å². The maximum absolute atomic E-state index is 4.17. The molecule has 0 spiro atoms. The number of hydrogen-bond acceptors (Lipinski definition) is 4. The minimum Gasteiger partial charge on any atom is -0.370 e. The predicted octanol–water partition coefficient (Wildman–Crippen LogP) is 2.37. The molecule has 1 aromatic rings. The minimum absolute atomic E-state index is 0.669. The maximum atomic E-state index is 4.17. The molecule has 2 N–H and O–H groups in total. The summed E-state index contributed by atoms with van der Waals surface area (Å²) in [4.78, 5) is 8.28. The molecule has 84 valence electrons. The van der Waals surface area contributed by atoms with E-state index >= 15 is 0 Å². The summed E-state index contributed by atoms with van der Waals surface area (Å²) in [5, 5.41) is 6.46. The molecule has 0 amide bonds. The molecule has 0 fully saturated rings. The van der Waals surface area contributed by atoms with Crippen molar-refractivity contribution in [1.82, 2.24) is 9.97 Å². The van der Waals surface area contributed by atoms with Crippen molar-refractivity contribution in [3.8, 4) is 0 Å². The van der Waals surface area contributed by atoms with E-state index in [0.717, 1.165) is 24.7 Å². The zero-order valence-corrected chi connectivity index (χ0v) is 9.75. The van der Waals surface area contributed by atoms with E-state index in [0.29, 0.717) is 5.92 Å². The molecule has 0 bridgehead atoms. The van der Waals surface area contributed by atoms with Gasteiger partial charge in [-0.1, -0.05) is 20.3 Å². The zero-order valence-electron chi connectivity index (χ0n) is 9.75. The summed E-state index contributed by atoms with van der Waals surface area (Å²) in [5.41, 5.74) is 0. The van der Waals surface area contributed by atoms with Crippen LogP contribution in [0.15, 0.2) is 12.4 Å². The molecular weight excluding hydrogens is 188 g/mol. The van der Waals surface area contributed by atoms with E-state index in [-0.39, 0.29) is 0 Å². The van der Waals surface area contributed by atoms with Crippen molar-refractivity contribution in [3.05, 3.63) is 12.4 Å². The summed E-state index contributed by atoms with van der Waals surface area (Å²) in [5.74, 6) is 2.43. The van der Waals surface area contributed by atoms with Gasteiger partial charge in [0.25, 0.3) is 0 Å². The van der Waals surface area contributed by atoms with Gasteiger partial charge in [-0.2, -0.15) is 0 Å². The first-order valence-electron chi connectivity index (χ1n) is 5.56. The van der Waals surface area contributed by atoms with Crippen LogP contribution in [0.5, 0.6) is 0 Å². The fourth-order valence-corrected chi connectivity index (χ4v) is 1.15. The molecule has 0 saturated heterocycles. The molecule has 4 heteroatoms. The third kappa shape index (κ3) is 4.14. The largest absolute Gasteiger partial charge is 0.370 e. The number of rotatable bonds is 6. The van der Waals surface area contributed by atoms with Gasteiger partial charge in [-0.15, -0.1) is 0 Å². The normalized spacial score (nSPS) is 12.2. The van der Waals surface area contributed by atoms with Crippen molar-refractivity contribution in [1.29, 1.82) is 0 Å². The van der Waals surface area contributed by atoms with Gasteiger partial charge in [0.15, 0.2) is 0 Å². The molecule has 0 aliphatic carbocycles. The van der Waals surface area contributed by atoms with Crippen LogP contribution in [-0.4, -0.2) is 23.1 Å². The average Bonchev–Trinajstić information content (AvgIpc) is 2.27. The standard InChI is InChI=1S/C11H20N4/c1-4-9(3)7-13-11-6-10(12-5-2)14-8-15-11/h6,8-9H,4-5,7H2,1-3H3,(H2,12,13,14,15). The highest BCUT2D eigenvalue weighted by Crippen LogP contribution is 2.09. The lowest BCUT2D eigenvalue weighted by atomic mass is 10.1. The summed E-state index contributed by atoms with van der Waals surface area (Å²) >= 11 is 0. The Morgan fingerprint density at radius 2 is 1.87 bits per heavy atom. The first-order chi connectivity index (χ1) is 7.26. The molecule has 1 atom stereocenters. The maximum Gasteiger partial charge on any atom is 0.131 e. The van der Waals surface area contributed by atoms with Gasteiger partial charge in [0.2, 0.25) is 0 Å². The van der Waals surface area contributed by atoms with Crippen molar-refractivity contribution in [2.75, 3.05) is 23.7 Å². The van der Waals surface area contributed by atoms with Crippen LogP contribution in [0.2, 0.25) is 0 Å². The average molecular weight is 208 g/mol. The quantitative estimate of drug-likeness (QED) is 0.753. The van der Waals surface area contributed by atoms with Gasteiger partial charge in [0.05, 0.1) is 0 Å². The highest BCUT2D eigenvalue weighted by molar-refractivity contribution is 5.46. The minimum atomic E-state index is 0.669. The molecule has 1 aromatic heterocycles. The number of nitrogens with one attached hydrogen (secondary N) is 2. The second-order valence-corrected chi connectivity index (χ2v) is 3.71. The second kappa shape index (κ2) is 6.22. The van der Waals surface area contributed by atoms with Crippen LogP contribution in [-0.2, 0) is 0 Å². The molecule has 4 nitrogen and oxygen atoms in total. The van der Waals surface area contributed by atoms with Gasteiger partial charge in [-0.25, -0.2) is 9.97 Å². The second-order valence-electron chi connectivity index (χ2n) is 3.71. The molecule has 0 aliphatic rings. The Labute approximate surface area is 91.5 Å². The fraction of sp³-hybridized carbons (Fsp3) is 0.636. The topological polar surface area (TPSA) is 49.8 Å². The van der Waals surface area contributed by atoms with Gasteiger partial charge in [0.1, 0.15) is 18.0 Å². The molecule has 1 heterocycles. The monoisotopic (exact) mass is 208 g/mol. The summed E-state index contributed by atoms with van der Waals surface area (Å²) in [6.07, 6.45) is 2.76. The lowest BCUT2D eigenvalue weighted by Crippen LogP contribution is -2.11. The van der Waals surface area contributed by atoms with Crippen molar-refractivity contribution < 1.29 is 0 Å². The van der Waals surface area contributed by atoms with Gasteiger partial charge in [0, 0.05) is 19.2 Å². The molecule has 0 radical (unpaired) electrons. The van der Waals surface area contributed by atoms with Crippen LogP contribution >= 0.6 is 0 Å². The third-order valence-corrected chi connectivity index (χ3v) is 2.35.